The van der Waals surface area contributed by atoms with Gasteiger partial charge in [-0.15, -0.1) is 0 Å². The second-order valence-corrected chi connectivity index (χ2v) is 6.87. The van der Waals surface area contributed by atoms with Crippen molar-refractivity contribution >= 4 is 17.8 Å². The van der Waals surface area contributed by atoms with Crippen LogP contribution in [-0.4, -0.2) is 42.3 Å². The molecular formula is C19H24N2O4. The van der Waals surface area contributed by atoms with E-state index in [1.165, 1.54) is 6.92 Å². The zero-order valence-corrected chi connectivity index (χ0v) is 14.5. The third-order valence-corrected chi connectivity index (χ3v) is 4.76. The van der Waals surface area contributed by atoms with Gasteiger partial charge < -0.3 is 15.0 Å². The van der Waals surface area contributed by atoms with Gasteiger partial charge in [-0.25, -0.2) is 0 Å². The van der Waals surface area contributed by atoms with Crippen LogP contribution in [0.1, 0.15) is 43.0 Å². The molecule has 3 rings (SSSR count). The van der Waals surface area contributed by atoms with Crippen molar-refractivity contribution in [3.8, 4) is 5.75 Å². The molecule has 6 heteroatoms. The monoisotopic (exact) mass is 344 g/mol. The molecule has 2 amide bonds. The van der Waals surface area contributed by atoms with Gasteiger partial charge in [0.1, 0.15) is 5.75 Å². The summed E-state index contributed by atoms with van der Waals surface area (Å²) in [5.41, 5.74) is 0.472. The largest absolute Gasteiger partial charge is 0.427 e. The van der Waals surface area contributed by atoms with E-state index >= 15 is 0 Å². The first kappa shape index (κ1) is 17.5. The van der Waals surface area contributed by atoms with Crippen molar-refractivity contribution in [2.24, 2.45) is 11.8 Å². The second-order valence-electron chi connectivity index (χ2n) is 6.87. The zero-order valence-electron chi connectivity index (χ0n) is 14.5. The van der Waals surface area contributed by atoms with Gasteiger partial charge in [0.05, 0.1) is 0 Å². The fourth-order valence-corrected chi connectivity index (χ4v) is 3.15. The molecule has 0 atom stereocenters. The van der Waals surface area contributed by atoms with Crippen LogP contribution in [0.3, 0.4) is 0 Å². The highest BCUT2D eigenvalue weighted by atomic mass is 16.5. The van der Waals surface area contributed by atoms with Crippen LogP contribution in [0, 0.1) is 11.8 Å². The number of benzene rings is 1. The van der Waals surface area contributed by atoms with Gasteiger partial charge in [0.2, 0.25) is 5.91 Å². The van der Waals surface area contributed by atoms with E-state index < -0.39 is 5.97 Å². The number of rotatable bonds is 5. The highest BCUT2D eigenvalue weighted by Gasteiger charge is 2.34. The maximum atomic E-state index is 12.3. The molecule has 0 bridgehead atoms. The van der Waals surface area contributed by atoms with Crippen LogP contribution in [0.5, 0.6) is 5.75 Å². The lowest BCUT2D eigenvalue weighted by molar-refractivity contribution is -0.134. The summed E-state index contributed by atoms with van der Waals surface area (Å²) in [6, 6.07) is 6.59. The molecule has 0 spiro atoms. The Bertz CT molecular complexity index is 661. The van der Waals surface area contributed by atoms with Crippen molar-refractivity contribution in [3.05, 3.63) is 29.8 Å². The first-order valence-electron chi connectivity index (χ1n) is 8.88. The van der Waals surface area contributed by atoms with E-state index in [0.717, 1.165) is 38.8 Å². The Kier molecular flexibility index (Phi) is 5.36. The predicted molar refractivity (Wildman–Crippen MR) is 92.1 cm³/mol. The highest BCUT2D eigenvalue weighted by molar-refractivity contribution is 5.94. The summed E-state index contributed by atoms with van der Waals surface area (Å²) in [5.74, 6) is 0.761. The summed E-state index contributed by atoms with van der Waals surface area (Å²) in [7, 11) is 0. The third-order valence-electron chi connectivity index (χ3n) is 4.76. The van der Waals surface area contributed by atoms with Gasteiger partial charge >= 0.3 is 5.97 Å². The molecular weight excluding hydrogens is 320 g/mol. The van der Waals surface area contributed by atoms with Gasteiger partial charge in [-0.05, 0) is 49.8 Å². The summed E-state index contributed by atoms with van der Waals surface area (Å²) in [4.78, 5) is 37.3. The topological polar surface area (TPSA) is 75.7 Å². The van der Waals surface area contributed by atoms with Gasteiger partial charge in [0.15, 0.2) is 0 Å². The maximum Gasteiger partial charge on any atom is 0.308 e. The minimum Gasteiger partial charge on any atom is -0.427 e. The number of esters is 1. The van der Waals surface area contributed by atoms with E-state index in [1.807, 2.05) is 4.90 Å². The predicted octanol–water partition coefficient (Wildman–Crippen LogP) is 1.99. The van der Waals surface area contributed by atoms with Gasteiger partial charge in [-0.1, -0.05) is 6.07 Å². The van der Waals surface area contributed by atoms with Crippen LogP contribution in [0.25, 0.3) is 0 Å². The smallest absolute Gasteiger partial charge is 0.308 e. The second kappa shape index (κ2) is 7.68. The number of amides is 2. The average molecular weight is 344 g/mol. The number of hydrogen-bond donors (Lipinski definition) is 1. The Labute approximate surface area is 147 Å². The molecule has 2 aliphatic rings. The Hall–Kier alpha value is -2.37. The zero-order chi connectivity index (χ0) is 17.8. The molecule has 1 aromatic carbocycles. The first-order chi connectivity index (χ1) is 12.0. The van der Waals surface area contributed by atoms with Crippen molar-refractivity contribution in [2.75, 3.05) is 19.6 Å². The molecule has 6 nitrogen and oxygen atoms in total. The molecule has 0 aromatic heterocycles. The molecule has 1 saturated carbocycles. The van der Waals surface area contributed by atoms with Crippen molar-refractivity contribution < 1.29 is 19.1 Å². The normalized spacial score (nSPS) is 17.9. The summed E-state index contributed by atoms with van der Waals surface area (Å²) >= 11 is 0. The molecule has 1 aliphatic carbocycles. The molecule has 0 radical (unpaired) electrons. The summed E-state index contributed by atoms with van der Waals surface area (Å²) in [6.45, 7) is 3.50. The Balaban J connectivity index is 1.45. The van der Waals surface area contributed by atoms with Gasteiger partial charge in [0, 0.05) is 38.0 Å². The molecule has 1 saturated heterocycles. The van der Waals surface area contributed by atoms with Crippen LogP contribution in [0.2, 0.25) is 0 Å². The summed E-state index contributed by atoms with van der Waals surface area (Å²) < 4.78 is 5.00. The number of likely N-dealkylation sites (tertiary alicyclic amines) is 1. The minimum absolute atomic E-state index is 0.175. The molecule has 1 heterocycles. The number of hydrogen-bond acceptors (Lipinski definition) is 4. The lowest BCUT2D eigenvalue weighted by atomic mass is 9.96. The standard InChI is InChI=1S/C19H24N2O4/c1-13(22)25-17-4-2-3-16(11-17)18(23)20-12-14-7-9-21(10-8-14)19(24)15-5-6-15/h2-4,11,14-15H,5-10,12H2,1H3,(H,20,23). The fraction of sp³-hybridized carbons (Fsp3) is 0.526. The number of carbonyl (C=O) groups excluding carboxylic acids is 3. The van der Waals surface area contributed by atoms with Crippen molar-refractivity contribution in [2.45, 2.75) is 32.6 Å². The molecule has 1 aliphatic heterocycles. The quantitative estimate of drug-likeness (QED) is 0.655. The van der Waals surface area contributed by atoms with Crippen LogP contribution in [0.4, 0.5) is 0 Å². The van der Waals surface area contributed by atoms with Gasteiger partial charge in [0.25, 0.3) is 5.91 Å². The highest BCUT2D eigenvalue weighted by Crippen LogP contribution is 2.32. The third kappa shape index (κ3) is 4.81. The lowest BCUT2D eigenvalue weighted by Crippen LogP contribution is -2.42. The number of nitrogens with one attached hydrogen (secondary N) is 1. The van der Waals surface area contributed by atoms with Crippen LogP contribution in [0.15, 0.2) is 24.3 Å². The Morgan fingerprint density at radius 2 is 1.88 bits per heavy atom. The molecule has 134 valence electrons. The molecule has 0 unspecified atom stereocenters. The lowest BCUT2D eigenvalue weighted by Gasteiger charge is -2.32. The van der Waals surface area contributed by atoms with Gasteiger partial charge in [-0.3, -0.25) is 14.4 Å². The van der Waals surface area contributed by atoms with Crippen LogP contribution < -0.4 is 10.1 Å². The summed E-state index contributed by atoms with van der Waals surface area (Å²) in [5, 5.41) is 2.95. The molecule has 25 heavy (non-hydrogen) atoms. The number of nitrogens with zero attached hydrogens (tertiary/aromatic N) is 1. The van der Waals surface area contributed by atoms with E-state index in [4.69, 9.17) is 4.74 Å². The van der Waals surface area contributed by atoms with E-state index in [-0.39, 0.29) is 11.8 Å². The van der Waals surface area contributed by atoms with Gasteiger partial charge in [-0.2, -0.15) is 0 Å². The maximum absolute atomic E-state index is 12.3. The van der Waals surface area contributed by atoms with Crippen molar-refractivity contribution in [1.82, 2.24) is 10.2 Å². The Morgan fingerprint density at radius 3 is 2.52 bits per heavy atom. The van der Waals surface area contributed by atoms with E-state index in [2.05, 4.69) is 5.32 Å². The van der Waals surface area contributed by atoms with E-state index in [1.54, 1.807) is 24.3 Å². The SMILES string of the molecule is CC(=O)Oc1cccc(C(=O)NCC2CCN(C(=O)C3CC3)CC2)c1. The number of piperidine rings is 1. The van der Waals surface area contributed by atoms with E-state index in [9.17, 15) is 14.4 Å². The average Bonchev–Trinajstić information content (AvgIpc) is 3.44. The number of carbonyl (C=O) groups is 3. The van der Waals surface area contributed by atoms with Crippen LogP contribution >= 0.6 is 0 Å². The fourth-order valence-electron chi connectivity index (χ4n) is 3.15. The molecule has 1 aromatic rings. The molecule has 1 N–H and O–H groups in total. The molecule has 2 fully saturated rings. The van der Waals surface area contributed by atoms with Crippen LogP contribution in [-0.2, 0) is 9.59 Å². The Morgan fingerprint density at radius 1 is 1.16 bits per heavy atom. The van der Waals surface area contributed by atoms with Crippen molar-refractivity contribution in [1.29, 1.82) is 0 Å². The number of ether oxygens (including phenoxy) is 1. The minimum atomic E-state index is -0.412. The first-order valence-corrected chi connectivity index (χ1v) is 8.88. The van der Waals surface area contributed by atoms with E-state index in [0.29, 0.717) is 29.7 Å². The summed E-state index contributed by atoms with van der Waals surface area (Å²) in [6.07, 6.45) is 3.93. The van der Waals surface area contributed by atoms with Crippen molar-refractivity contribution in [3.63, 3.8) is 0 Å².